The second kappa shape index (κ2) is 8.53. The highest BCUT2D eigenvalue weighted by Crippen LogP contribution is 1.79. The fourth-order valence-electron chi connectivity index (χ4n) is 0.561. The summed E-state index contributed by atoms with van der Waals surface area (Å²) >= 11 is 0. The lowest BCUT2D eigenvalue weighted by atomic mass is 10.4. The van der Waals surface area contributed by atoms with Gasteiger partial charge in [-0.3, -0.25) is 4.79 Å². The normalized spacial score (nSPS) is 7.77. The quantitative estimate of drug-likeness (QED) is 0.513. The molecule has 2 nitrogen and oxygen atoms in total. The van der Waals surface area contributed by atoms with Crippen LogP contribution in [0.2, 0.25) is 0 Å². The summed E-state index contributed by atoms with van der Waals surface area (Å²) < 4.78 is 4.43. The van der Waals surface area contributed by atoms with Crippen molar-refractivity contribution in [1.29, 1.82) is 0 Å². The number of carbonyl (C=O) groups is 1. The van der Waals surface area contributed by atoms with E-state index in [0.717, 1.165) is 0 Å². The highest BCUT2D eigenvalue weighted by atomic mass is 16.5. The van der Waals surface area contributed by atoms with Crippen LogP contribution in [0.1, 0.15) is 6.92 Å². The van der Waals surface area contributed by atoms with E-state index in [9.17, 15) is 4.79 Å². The van der Waals surface area contributed by atoms with Crippen LogP contribution in [-0.2, 0) is 9.53 Å². The summed E-state index contributed by atoms with van der Waals surface area (Å²) in [4.78, 5) is 9.93. The van der Waals surface area contributed by atoms with Gasteiger partial charge < -0.3 is 4.74 Å². The van der Waals surface area contributed by atoms with Gasteiger partial charge in [-0.2, -0.15) is 0 Å². The molecule has 0 N–H and O–H groups in total. The molecule has 0 spiro atoms. The molecule has 1 aromatic carbocycles. The molecule has 13 heavy (non-hydrogen) atoms. The average Bonchev–Trinajstić information content (AvgIpc) is 2.18. The Morgan fingerprint density at radius 3 is 1.77 bits per heavy atom. The van der Waals surface area contributed by atoms with E-state index in [2.05, 4.69) is 11.3 Å². The van der Waals surface area contributed by atoms with Crippen molar-refractivity contribution in [3.05, 3.63) is 49.1 Å². The molecule has 0 saturated carbocycles. The third-order valence-corrected chi connectivity index (χ3v) is 1.07. The zero-order valence-electron chi connectivity index (χ0n) is 7.77. The van der Waals surface area contributed by atoms with Gasteiger partial charge in [0, 0.05) is 6.92 Å². The molecule has 0 heterocycles. The molecule has 2 heteroatoms. The van der Waals surface area contributed by atoms with Crippen LogP contribution in [0.15, 0.2) is 49.1 Å². The highest BCUT2D eigenvalue weighted by Gasteiger charge is 1.83. The van der Waals surface area contributed by atoms with Crippen molar-refractivity contribution in [1.82, 2.24) is 0 Å². The first-order valence-electron chi connectivity index (χ1n) is 4.01. The number of rotatable bonds is 2. The van der Waals surface area contributed by atoms with Crippen LogP contribution in [0.25, 0.3) is 0 Å². The summed E-state index contributed by atoms with van der Waals surface area (Å²) in [6, 6.07) is 12.0. The Balaban J connectivity index is 0.000000223. The second-order valence-electron chi connectivity index (χ2n) is 2.25. The molecule has 0 bridgehead atoms. The van der Waals surface area contributed by atoms with Crippen molar-refractivity contribution < 1.29 is 9.53 Å². The van der Waals surface area contributed by atoms with Crippen LogP contribution in [-0.4, -0.2) is 12.6 Å². The Morgan fingerprint density at radius 1 is 1.23 bits per heavy atom. The van der Waals surface area contributed by atoms with Gasteiger partial charge in [-0.1, -0.05) is 49.1 Å². The molecule has 0 amide bonds. The lowest BCUT2D eigenvalue weighted by Gasteiger charge is -1.90. The van der Waals surface area contributed by atoms with Gasteiger partial charge in [0.15, 0.2) is 0 Å². The number of esters is 1. The van der Waals surface area contributed by atoms with Gasteiger partial charge in [0.05, 0.1) is 0 Å². The lowest BCUT2D eigenvalue weighted by molar-refractivity contribution is -0.139. The minimum Gasteiger partial charge on any atom is -0.462 e. The minimum atomic E-state index is -0.264. The SMILES string of the molecule is C=CCOC(C)=O.c1ccccc1. The smallest absolute Gasteiger partial charge is 0.302 e. The van der Waals surface area contributed by atoms with E-state index in [1.54, 1.807) is 0 Å². The number of hydrogen-bond donors (Lipinski definition) is 0. The molecular formula is C11H14O2. The summed E-state index contributed by atoms with van der Waals surface area (Å²) in [6.07, 6.45) is 1.53. The van der Waals surface area contributed by atoms with Crippen LogP contribution in [0.4, 0.5) is 0 Å². The predicted molar refractivity (Wildman–Crippen MR) is 53.3 cm³/mol. The lowest BCUT2D eigenvalue weighted by Crippen LogP contribution is -1.96. The number of carbonyl (C=O) groups excluding carboxylic acids is 1. The van der Waals surface area contributed by atoms with Gasteiger partial charge in [0.1, 0.15) is 6.61 Å². The topological polar surface area (TPSA) is 26.3 Å². The first-order chi connectivity index (χ1) is 6.27. The fraction of sp³-hybridized carbons (Fsp3) is 0.182. The Morgan fingerprint density at radius 2 is 1.62 bits per heavy atom. The average molecular weight is 178 g/mol. The van der Waals surface area contributed by atoms with Gasteiger partial charge >= 0.3 is 5.97 Å². The zero-order chi connectivity index (χ0) is 9.94. The number of benzene rings is 1. The Labute approximate surface area is 78.8 Å². The predicted octanol–water partition coefficient (Wildman–Crippen LogP) is 2.42. The van der Waals surface area contributed by atoms with Crippen LogP contribution >= 0.6 is 0 Å². The second-order valence-corrected chi connectivity index (χ2v) is 2.25. The van der Waals surface area contributed by atoms with Gasteiger partial charge in [-0.25, -0.2) is 0 Å². The van der Waals surface area contributed by atoms with Crippen LogP contribution in [0, 0.1) is 0 Å². The van der Waals surface area contributed by atoms with E-state index in [1.165, 1.54) is 13.0 Å². The van der Waals surface area contributed by atoms with Crippen molar-refractivity contribution in [2.75, 3.05) is 6.61 Å². The van der Waals surface area contributed by atoms with Gasteiger partial charge in [0.2, 0.25) is 0 Å². The molecular weight excluding hydrogens is 164 g/mol. The van der Waals surface area contributed by atoms with Crippen molar-refractivity contribution in [2.45, 2.75) is 6.92 Å². The Hall–Kier alpha value is -1.57. The van der Waals surface area contributed by atoms with Crippen LogP contribution < -0.4 is 0 Å². The first kappa shape index (κ1) is 11.4. The van der Waals surface area contributed by atoms with Crippen LogP contribution in [0.5, 0.6) is 0 Å². The maximum atomic E-state index is 9.93. The summed E-state index contributed by atoms with van der Waals surface area (Å²) in [5.74, 6) is -0.264. The number of ether oxygens (including phenoxy) is 1. The molecule has 0 unspecified atom stereocenters. The van der Waals surface area contributed by atoms with E-state index < -0.39 is 0 Å². The van der Waals surface area contributed by atoms with E-state index in [-0.39, 0.29) is 5.97 Å². The molecule has 70 valence electrons. The van der Waals surface area contributed by atoms with Gasteiger partial charge in [-0.05, 0) is 0 Å². The molecule has 0 saturated heterocycles. The molecule has 0 aliphatic heterocycles. The molecule has 1 rings (SSSR count). The highest BCUT2D eigenvalue weighted by molar-refractivity contribution is 5.65. The van der Waals surface area contributed by atoms with E-state index in [1.807, 2.05) is 36.4 Å². The Bertz CT molecular complexity index is 202. The van der Waals surface area contributed by atoms with E-state index in [0.29, 0.717) is 6.61 Å². The zero-order valence-corrected chi connectivity index (χ0v) is 7.77. The van der Waals surface area contributed by atoms with Crippen LogP contribution in [0.3, 0.4) is 0 Å². The molecule has 0 radical (unpaired) electrons. The first-order valence-corrected chi connectivity index (χ1v) is 4.01. The molecule has 0 fully saturated rings. The van der Waals surface area contributed by atoms with E-state index >= 15 is 0 Å². The molecule has 0 aliphatic carbocycles. The minimum absolute atomic E-state index is 0.264. The summed E-state index contributed by atoms with van der Waals surface area (Å²) in [5, 5.41) is 0. The molecule has 0 aromatic heterocycles. The number of hydrogen-bond acceptors (Lipinski definition) is 2. The summed E-state index contributed by atoms with van der Waals surface area (Å²) in [7, 11) is 0. The van der Waals surface area contributed by atoms with Crippen molar-refractivity contribution in [3.63, 3.8) is 0 Å². The van der Waals surface area contributed by atoms with Gasteiger partial charge in [-0.15, -0.1) is 0 Å². The van der Waals surface area contributed by atoms with Crippen molar-refractivity contribution in [2.24, 2.45) is 0 Å². The fourth-order valence-corrected chi connectivity index (χ4v) is 0.561. The largest absolute Gasteiger partial charge is 0.462 e. The Kier molecular flexibility index (Phi) is 7.50. The van der Waals surface area contributed by atoms with Crippen molar-refractivity contribution >= 4 is 5.97 Å². The van der Waals surface area contributed by atoms with Crippen molar-refractivity contribution in [3.8, 4) is 0 Å². The maximum Gasteiger partial charge on any atom is 0.302 e. The summed E-state index contributed by atoms with van der Waals surface area (Å²) in [6.45, 7) is 5.03. The maximum absolute atomic E-state index is 9.93. The third kappa shape index (κ3) is 10.4. The summed E-state index contributed by atoms with van der Waals surface area (Å²) in [5.41, 5.74) is 0. The van der Waals surface area contributed by atoms with Gasteiger partial charge in [0.25, 0.3) is 0 Å². The van der Waals surface area contributed by atoms with E-state index in [4.69, 9.17) is 0 Å². The molecule has 0 atom stereocenters. The molecule has 1 aromatic rings. The molecule has 0 aliphatic rings. The monoisotopic (exact) mass is 178 g/mol. The third-order valence-electron chi connectivity index (χ3n) is 1.07. The standard InChI is InChI=1S/C6H6.C5H8O2/c1-2-4-6-5-3-1;1-3-4-7-5(2)6/h1-6H;3H,1,4H2,2H3.